The van der Waals surface area contributed by atoms with Crippen molar-refractivity contribution in [1.29, 1.82) is 5.26 Å². The predicted molar refractivity (Wildman–Crippen MR) is 133 cm³/mol. The highest BCUT2D eigenvalue weighted by Gasteiger charge is 2.37. The smallest absolute Gasteiger partial charge is 0.256 e. The van der Waals surface area contributed by atoms with E-state index in [9.17, 15) is 14.9 Å². The van der Waals surface area contributed by atoms with E-state index in [4.69, 9.17) is 19.9 Å². The van der Waals surface area contributed by atoms with Crippen LogP contribution in [0.3, 0.4) is 0 Å². The SMILES string of the molecule is CC1=C(C(=O)Nc2ccc(C)cc2C)C(c2cc3cc4c(cc3[nH]c2=O)OCCO4)C(C#N)=C(N)O1. The average Bonchev–Trinajstić information content (AvgIpc) is 2.83. The molecule has 0 aliphatic carbocycles. The molecule has 5 rings (SSSR count). The average molecular weight is 485 g/mol. The van der Waals surface area contributed by atoms with Gasteiger partial charge >= 0.3 is 0 Å². The van der Waals surface area contributed by atoms with Crippen molar-refractivity contribution in [2.75, 3.05) is 18.5 Å². The highest BCUT2D eigenvalue weighted by Crippen LogP contribution is 2.40. The fraction of sp³-hybridized carbons (Fsp3) is 0.222. The van der Waals surface area contributed by atoms with E-state index in [0.29, 0.717) is 41.3 Å². The van der Waals surface area contributed by atoms with E-state index < -0.39 is 17.4 Å². The number of aromatic nitrogens is 1. The third-order valence-corrected chi connectivity index (χ3v) is 6.33. The van der Waals surface area contributed by atoms with E-state index in [2.05, 4.69) is 10.3 Å². The largest absolute Gasteiger partial charge is 0.486 e. The number of hydrogen-bond acceptors (Lipinski definition) is 7. The van der Waals surface area contributed by atoms with Crippen LogP contribution >= 0.6 is 0 Å². The second kappa shape index (κ2) is 8.82. The molecule has 36 heavy (non-hydrogen) atoms. The summed E-state index contributed by atoms with van der Waals surface area (Å²) in [6.45, 7) is 6.27. The Labute approximate surface area is 206 Å². The van der Waals surface area contributed by atoms with Gasteiger partial charge in [0.15, 0.2) is 11.5 Å². The number of nitrogens with two attached hydrogens (primary N) is 1. The Kier molecular flexibility index (Phi) is 5.65. The molecule has 1 atom stereocenters. The van der Waals surface area contributed by atoms with Crippen LogP contribution in [0.4, 0.5) is 5.69 Å². The fourth-order valence-electron chi connectivity index (χ4n) is 4.60. The molecule has 9 nitrogen and oxygen atoms in total. The molecule has 1 unspecified atom stereocenters. The molecular formula is C27H24N4O5. The third-order valence-electron chi connectivity index (χ3n) is 6.33. The number of aromatic amines is 1. The molecule has 3 heterocycles. The number of carbonyl (C=O) groups excluding carboxylic acids is 1. The van der Waals surface area contributed by atoms with E-state index in [1.165, 1.54) is 0 Å². The summed E-state index contributed by atoms with van der Waals surface area (Å²) in [5.41, 5.74) is 8.96. The van der Waals surface area contributed by atoms with Crippen LogP contribution in [-0.4, -0.2) is 24.1 Å². The molecule has 0 bridgehead atoms. The van der Waals surface area contributed by atoms with Crippen molar-refractivity contribution in [3.8, 4) is 17.6 Å². The zero-order chi connectivity index (χ0) is 25.6. The summed E-state index contributed by atoms with van der Waals surface area (Å²) in [4.78, 5) is 29.7. The van der Waals surface area contributed by atoms with Gasteiger partial charge < -0.3 is 30.2 Å². The van der Waals surface area contributed by atoms with Crippen molar-refractivity contribution in [1.82, 2.24) is 4.98 Å². The van der Waals surface area contributed by atoms with Crippen molar-refractivity contribution >= 4 is 22.5 Å². The summed E-state index contributed by atoms with van der Waals surface area (Å²) in [6.07, 6.45) is 0. The number of allylic oxidation sites excluding steroid dienone is 2. The molecule has 9 heteroatoms. The topological polar surface area (TPSA) is 139 Å². The zero-order valence-corrected chi connectivity index (χ0v) is 20.0. The van der Waals surface area contributed by atoms with Crippen molar-refractivity contribution < 1.29 is 19.0 Å². The Morgan fingerprint density at radius 3 is 2.53 bits per heavy atom. The lowest BCUT2D eigenvalue weighted by Crippen LogP contribution is -2.31. The number of benzene rings is 2. The molecule has 0 saturated carbocycles. The molecule has 3 aromatic rings. The van der Waals surface area contributed by atoms with Crippen LogP contribution in [0.1, 0.15) is 29.5 Å². The number of carbonyl (C=O) groups is 1. The molecule has 0 radical (unpaired) electrons. The molecule has 0 saturated heterocycles. The maximum Gasteiger partial charge on any atom is 0.256 e. The van der Waals surface area contributed by atoms with Gasteiger partial charge in [-0.15, -0.1) is 0 Å². The molecule has 2 aromatic carbocycles. The first-order valence-electron chi connectivity index (χ1n) is 11.4. The van der Waals surface area contributed by atoms with E-state index in [-0.39, 0.29) is 28.4 Å². The van der Waals surface area contributed by atoms with Crippen molar-refractivity contribution in [2.45, 2.75) is 26.7 Å². The summed E-state index contributed by atoms with van der Waals surface area (Å²) >= 11 is 0. The second-order valence-corrected chi connectivity index (χ2v) is 8.80. The van der Waals surface area contributed by atoms with Crippen molar-refractivity contribution in [3.05, 3.63) is 86.2 Å². The van der Waals surface area contributed by atoms with Crippen LogP contribution in [0, 0.1) is 25.2 Å². The number of aryl methyl sites for hydroxylation is 2. The van der Waals surface area contributed by atoms with E-state index >= 15 is 0 Å². The first-order valence-corrected chi connectivity index (χ1v) is 11.4. The van der Waals surface area contributed by atoms with Gasteiger partial charge in [-0.2, -0.15) is 5.26 Å². The minimum absolute atomic E-state index is 0.0197. The summed E-state index contributed by atoms with van der Waals surface area (Å²) in [5, 5.41) is 13.5. The molecule has 0 fully saturated rings. The van der Waals surface area contributed by atoms with Crippen LogP contribution in [0.15, 0.2) is 64.0 Å². The maximum absolute atomic E-state index is 13.6. The first kappa shape index (κ1) is 23.1. The highest BCUT2D eigenvalue weighted by molar-refractivity contribution is 6.06. The van der Waals surface area contributed by atoms with Gasteiger partial charge in [-0.3, -0.25) is 9.59 Å². The molecular weight excluding hydrogens is 460 g/mol. The van der Waals surface area contributed by atoms with Crippen LogP contribution < -0.4 is 26.1 Å². The second-order valence-electron chi connectivity index (χ2n) is 8.80. The van der Waals surface area contributed by atoms with Gasteiger partial charge in [-0.1, -0.05) is 17.7 Å². The minimum atomic E-state index is -1.03. The monoisotopic (exact) mass is 484 g/mol. The third kappa shape index (κ3) is 3.92. The predicted octanol–water partition coefficient (Wildman–Crippen LogP) is 3.64. The van der Waals surface area contributed by atoms with Gasteiger partial charge in [0, 0.05) is 22.7 Å². The van der Waals surface area contributed by atoms with Crippen molar-refractivity contribution in [2.24, 2.45) is 5.73 Å². The number of pyridine rings is 1. The number of nitrogens with one attached hydrogen (secondary N) is 2. The normalized spacial score (nSPS) is 17.0. The Morgan fingerprint density at radius 1 is 1.11 bits per heavy atom. The molecule has 4 N–H and O–H groups in total. The molecule has 1 amide bonds. The number of rotatable bonds is 3. The standard InChI is InChI=1S/C27H24N4O5/c1-13-4-5-19(14(2)8-13)30-27(33)23-15(3)36-25(29)18(12-28)24(23)17-9-16-10-21-22(35-7-6-34-21)11-20(16)31-26(17)32/h4-5,8-11,24H,6-7,29H2,1-3H3,(H,30,33)(H,31,32). The number of H-pyrrole nitrogens is 1. The summed E-state index contributed by atoms with van der Waals surface area (Å²) < 4.78 is 16.9. The van der Waals surface area contributed by atoms with E-state index in [1.54, 1.807) is 31.2 Å². The molecule has 2 aliphatic heterocycles. The quantitative estimate of drug-likeness (QED) is 0.516. The van der Waals surface area contributed by atoms with Gasteiger partial charge in [0.1, 0.15) is 30.6 Å². The van der Waals surface area contributed by atoms with Gasteiger partial charge in [-0.25, -0.2) is 0 Å². The minimum Gasteiger partial charge on any atom is -0.486 e. The van der Waals surface area contributed by atoms with Gasteiger partial charge in [-0.05, 0) is 44.5 Å². The lowest BCUT2D eigenvalue weighted by atomic mass is 9.82. The first-order chi connectivity index (χ1) is 17.3. The maximum atomic E-state index is 13.6. The molecule has 2 aliphatic rings. The number of amides is 1. The van der Waals surface area contributed by atoms with E-state index in [1.807, 2.05) is 32.0 Å². The van der Waals surface area contributed by atoms with Crippen LogP contribution in [0.2, 0.25) is 0 Å². The number of nitriles is 1. The number of anilines is 1. The number of ether oxygens (including phenoxy) is 3. The lowest BCUT2D eigenvalue weighted by Gasteiger charge is -2.27. The van der Waals surface area contributed by atoms with Crippen LogP contribution in [0.5, 0.6) is 11.5 Å². The van der Waals surface area contributed by atoms with Crippen LogP contribution in [-0.2, 0) is 9.53 Å². The number of fused-ring (bicyclic) bond motifs is 2. The Bertz CT molecular complexity index is 1590. The molecule has 0 spiro atoms. The Balaban J connectivity index is 1.64. The molecule has 1 aromatic heterocycles. The van der Waals surface area contributed by atoms with Gasteiger partial charge in [0.2, 0.25) is 5.88 Å². The zero-order valence-electron chi connectivity index (χ0n) is 20.0. The summed E-state index contributed by atoms with van der Waals surface area (Å²) in [6, 6.07) is 12.8. The van der Waals surface area contributed by atoms with Gasteiger partial charge in [0.05, 0.1) is 17.0 Å². The Hall–Kier alpha value is -4.71. The Morgan fingerprint density at radius 2 is 1.83 bits per heavy atom. The van der Waals surface area contributed by atoms with Gasteiger partial charge in [0.25, 0.3) is 11.5 Å². The van der Waals surface area contributed by atoms with Crippen molar-refractivity contribution in [3.63, 3.8) is 0 Å². The fourth-order valence-corrected chi connectivity index (χ4v) is 4.60. The summed E-state index contributed by atoms with van der Waals surface area (Å²) in [7, 11) is 0. The summed E-state index contributed by atoms with van der Waals surface area (Å²) in [5.74, 6) is -0.379. The number of nitrogens with zero attached hydrogens (tertiary/aromatic N) is 1. The van der Waals surface area contributed by atoms with E-state index in [0.717, 1.165) is 11.1 Å². The molecule has 182 valence electrons. The number of hydrogen-bond donors (Lipinski definition) is 3. The lowest BCUT2D eigenvalue weighted by molar-refractivity contribution is -0.113. The van der Waals surface area contributed by atoms with Crippen LogP contribution in [0.25, 0.3) is 10.9 Å². The highest BCUT2D eigenvalue weighted by atomic mass is 16.6.